The van der Waals surface area contributed by atoms with Gasteiger partial charge in [0.2, 0.25) is 0 Å². The normalized spacial score (nSPS) is 12.8. The molecule has 0 aromatic heterocycles. The lowest BCUT2D eigenvalue weighted by Gasteiger charge is -2.06. The van der Waals surface area contributed by atoms with Crippen LogP contribution in [0.3, 0.4) is 0 Å². The maximum atomic E-state index is 11.6. The van der Waals surface area contributed by atoms with Gasteiger partial charge in [0.1, 0.15) is 0 Å². The molecule has 116 valence electrons. The topological polar surface area (TPSA) is 63.6 Å². The Morgan fingerprint density at radius 2 is 1.26 bits per heavy atom. The first kappa shape index (κ1) is 18.7. The van der Waals surface area contributed by atoms with E-state index in [4.69, 9.17) is 4.55 Å². The third-order valence-corrected chi connectivity index (χ3v) is 3.37. The summed E-state index contributed by atoms with van der Waals surface area (Å²) < 4.78 is 67.7. The maximum absolute atomic E-state index is 11.6. The van der Waals surface area contributed by atoms with Crippen molar-refractivity contribution in [2.45, 2.75) is 57.7 Å². The third-order valence-electron chi connectivity index (χ3n) is 2.56. The third kappa shape index (κ3) is 17.7. The highest BCUT2D eigenvalue weighted by molar-refractivity contribution is 7.85. The van der Waals surface area contributed by atoms with Crippen LogP contribution in [0.4, 0.5) is 13.2 Å². The first-order valence-corrected chi connectivity index (χ1v) is 7.97. The molecule has 0 rings (SSSR count). The second kappa shape index (κ2) is 9.55. The molecular formula is C11H21F3O4S. The fourth-order valence-corrected chi connectivity index (χ4v) is 2.20. The fraction of sp³-hybridized carbons (Fsp3) is 1.00. The zero-order valence-electron chi connectivity index (χ0n) is 10.8. The van der Waals surface area contributed by atoms with Crippen molar-refractivity contribution in [3.05, 3.63) is 0 Å². The molecule has 0 spiro atoms. The van der Waals surface area contributed by atoms with Gasteiger partial charge in [0.25, 0.3) is 10.1 Å². The van der Waals surface area contributed by atoms with E-state index in [0.717, 1.165) is 32.1 Å². The van der Waals surface area contributed by atoms with Crippen LogP contribution < -0.4 is 0 Å². The number of alkyl halides is 3. The number of halogens is 3. The van der Waals surface area contributed by atoms with E-state index in [1.807, 2.05) is 0 Å². The van der Waals surface area contributed by atoms with E-state index in [0.29, 0.717) is 19.3 Å². The SMILES string of the molecule is O=S(=O)(O)CCCCCCCCCCOC(F)(F)F. The lowest BCUT2D eigenvalue weighted by atomic mass is 10.1. The first-order valence-electron chi connectivity index (χ1n) is 6.36. The minimum absolute atomic E-state index is 0.207. The Morgan fingerprint density at radius 1 is 0.842 bits per heavy atom. The zero-order chi connectivity index (χ0) is 14.8. The van der Waals surface area contributed by atoms with Crippen LogP contribution in [0.15, 0.2) is 0 Å². The number of ether oxygens (including phenoxy) is 1. The van der Waals surface area contributed by atoms with Crippen molar-refractivity contribution in [2.24, 2.45) is 0 Å². The highest BCUT2D eigenvalue weighted by Crippen LogP contribution is 2.17. The van der Waals surface area contributed by atoms with E-state index >= 15 is 0 Å². The van der Waals surface area contributed by atoms with Gasteiger partial charge in [-0.1, -0.05) is 38.5 Å². The average Bonchev–Trinajstić information content (AvgIpc) is 2.22. The van der Waals surface area contributed by atoms with Crippen molar-refractivity contribution < 1.29 is 30.9 Å². The van der Waals surface area contributed by atoms with E-state index in [9.17, 15) is 21.6 Å². The second-order valence-electron chi connectivity index (χ2n) is 4.41. The minimum atomic E-state index is -4.53. The Kier molecular flexibility index (Phi) is 9.38. The summed E-state index contributed by atoms with van der Waals surface area (Å²) in [6, 6.07) is 0. The van der Waals surface area contributed by atoms with Crippen molar-refractivity contribution >= 4 is 10.1 Å². The molecule has 0 aromatic carbocycles. The molecule has 0 aromatic rings. The van der Waals surface area contributed by atoms with Crippen molar-refractivity contribution in [3.8, 4) is 0 Å². The summed E-state index contributed by atoms with van der Waals surface area (Å²) in [7, 11) is -3.85. The molecule has 0 unspecified atom stereocenters. The lowest BCUT2D eigenvalue weighted by molar-refractivity contribution is -0.324. The fourth-order valence-electron chi connectivity index (χ4n) is 1.64. The number of hydrogen-bond acceptors (Lipinski definition) is 3. The van der Waals surface area contributed by atoms with Gasteiger partial charge in [0.05, 0.1) is 12.4 Å². The monoisotopic (exact) mass is 306 g/mol. The van der Waals surface area contributed by atoms with Gasteiger partial charge < -0.3 is 0 Å². The predicted molar refractivity (Wildman–Crippen MR) is 65.4 cm³/mol. The summed E-state index contributed by atoms with van der Waals surface area (Å²) in [5.74, 6) is -0.207. The Bertz CT molecular complexity index is 314. The second-order valence-corrected chi connectivity index (χ2v) is 5.98. The molecule has 0 heterocycles. The highest BCUT2D eigenvalue weighted by atomic mass is 32.2. The molecule has 0 saturated carbocycles. The molecule has 1 N–H and O–H groups in total. The smallest absolute Gasteiger partial charge is 0.292 e. The summed E-state index contributed by atoms with van der Waals surface area (Å²) >= 11 is 0. The van der Waals surface area contributed by atoms with Gasteiger partial charge in [0, 0.05) is 0 Å². The lowest BCUT2D eigenvalue weighted by Crippen LogP contribution is -2.13. The van der Waals surface area contributed by atoms with Crippen molar-refractivity contribution in [2.75, 3.05) is 12.4 Å². The molecule has 0 radical (unpaired) electrons. The molecule has 0 aliphatic heterocycles. The summed E-state index contributed by atoms with van der Waals surface area (Å²) in [4.78, 5) is 0. The Labute approximate surface area is 112 Å². The van der Waals surface area contributed by atoms with E-state index < -0.39 is 16.5 Å². The molecule has 19 heavy (non-hydrogen) atoms. The molecule has 0 aliphatic carbocycles. The standard InChI is InChI=1S/C11H21F3O4S/c12-11(13,14)18-9-7-5-3-1-2-4-6-8-10-19(15,16)17/h1-10H2,(H,15,16,17). The van der Waals surface area contributed by atoms with Crippen LogP contribution in [0.1, 0.15) is 51.4 Å². The van der Waals surface area contributed by atoms with Gasteiger partial charge in [-0.25, -0.2) is 0 Å². The van der Waals surface area contributed by atoms with Gasteiger partial charge in [-0.15, -0.1) is 13.2 Å². The summed E-state index contributed by atoms with van der Waals surface area (Å²) in [5.41, 5.74) is 0. The van der Waals surface area contributed by atoms with Crippen LogP contribution in [0.5, 0.6) is 0 Å². The molecule has 0 aliphatic rings. The van der Waals surface area contributed by atoms with Crippen LogP contribution in [0.2, 0.25) is 0 Å². The summed E-state index contributed by atoms with van der Waals surface area (Å²) in [6.45, 7) is -0.294. The zero-order valence-corrected chi connectivity index (χ0v) is 11.6. The number of rotatable bonds is 11. The number of hydrogen-bond donors (Lipinski definition) is 1. The predicted octanol–water partition coefficient (Wildman–Crippen LogP) is 3.53. The van der Waals surface area contributed by atoms with Gasteiger partial charge in [-0.05, 0) is 12.8 Å². The van der Waals surface area contributed by atoms with E-state index in [2.05, 4.69) is 4.74 Å². The van der Waals surface area contributed by atoms with Crippen molar-refractivity contribution in [1.82, 2.24) is 0 Å². The van der Waals surface area contributed by atoms with Crippen molar-refractivity contribution in [3.63, 3.8) is 0 Å². The quantitative estimate of drug-likeness (QED) is 0.468. The average molecular weight is 306 g/mol. The molecule has 0 bridgehead atoms. The Hall–Kier alpha value is -0.340. The van der Waals surface area contributed by atoms with E-state index in [-0.39, 0.29) is 12.4 Å². The summed E-state index contributed by atoms with van der Waals surface area (Å²) in [6.07, 6.45) is 1.28. The van der Waals surface area contributed by atoms with Gasteiger partial charge in [0.15, 0.2) is 0 Å². The molecule has 4 nitrogen and oxygen atoms in total. The molecular weight excluding hydrogens is 285 g/mol. The highest BCUT2D eigenvalue weighted by Gasteiger charge is 2.28. The molecule has 8 heteroatoms. The van der Waals surface area contributed by atoms with E-state index in [1.54, 1.807) is 0 Å². The Balaban J connectivity index is 3.16. The van der Waals surface area contributed by atoms with E-state index in [1.165, 1.54) is 0 Å². The van der Waals surface area contributed by atoms with Gasteiger partial charge >= 0.3 is 6.36 Å². The maximum Gasteiger partial charge on any atom is 0.522 e. The van der Waals surface area contributed by atoms with Crippen LogP contribution in [-0.4, -0.2) is 31.7 Å². The summed E-state index contributed by atoms with van der Waals surface area (Å²) in [5, 5.41) is 0. The Morgan fingerprint density at radius 3 is 1.68 bits per heavy atom. The van der Waals surface area contributed by atoms with Crippen LogP contribution in [0.25, 0.3) is 0 Å². The largest absolute Gasteiger partial charge is 0.522 e. The minimum Gasteiger partial charge on any atom is -0.292 e. The first-order chi connectivity index (χ1) is 8.71. The van der Waals surface area contributed by atoms with Gasteiger partial charge in [-0.2, -0.15) is 8.42 Å². The van der Waals surface area contributed by atoms with Crippen LogP contribution in [-0.2, 0) is 14.9 Å². The molecule has 0 fully saturated rings. The molecule has 0 amide bonds. The van der Waals surface area contributed by atoms with Gasteiger partial charge in [-0.3, -0.25) is 9.29 Å². The number of unbranched alkanes of at least 4 members (excludes halogenated alkanes) is 7. The molecule has 0 atom stereocenters. The molecule has 0 saturated heterocycles. The van der Waals surface area contributed by atoms with Crippen LogP contribution in [0, 0.1) is 0 Å². The van der Waals surface area contributed by atoms with Crippen molar-refractivity contribution in [1.29, 1.82) is 0 Å². The van der Waals surface area contributed by atoms with Crippen LogP contribution >= 0.6 is 0 Å².